The molecule has 2 aromatic rings. The average Bonchev–Trinajstić information content (AvgIpc) is 3.11. The van der Waals surface area contributed by atoms with E-state index in [2.05, 4.69) is 15.3 Å². The average molecular weight is 358 g/mol. The number of aromatic nitrogens is 2. The van der Waals surface area contributed by atoms with Crippen molar-refractivity contribution in [2.75, 3.05) is 36.5 Å². The molecule has 1 aromatic carbocycles. The van der Waals surface area contributed by atoms with Crippen molar-refractivity contribution >= 4 is 17.5 Å². The predicted octanol–water partition coefficient (Wildman–Crippen LogP) is 2.21. The van der Waals surface area contributed by atoms with E-state index < -0.39 is 11.6 Å². The molecule has 0 radical (unpaired) electrons. The highest BCUT2D eigenvalue weighted by molar-refractivity contribution is 6.03. The summed E-state index contributed by atoms with van der Waals surface area (Å²) in [6.45, 7) is 2.75. The van der Waals surface area contributed by atoms with Crippen molar-refractivity contribution in [3.05, 3.63) is 48.0 Å². The van der Waals surface area contributed by atoms with Crippen LogP contribution in [-0.2, 0) is 9.47 Å². The minimum Gasteiger partial charge on any atom is -0.347 e. The van der Waals surface area contributed by atoms with Crippen molar-refractivity contribution in [2.45, 2.75) is 18.6 Å². The molecule has 1 N–H and O–H groups in total. The number of hydrogen-bond donors (Lipinski definition) is 1. The summed E-state index contributed by atoms with van der Waals surface area (Å²) in [5, 5.41) is 2.63. The first-order valence-corrected chi connectivity index (χ1v) is 8.55. The molecular formula is C18H19FN4O3. The lowest BCUT2D eigenvalue weighted by atomic mass is 10.0. The Balaban J connectivity index is 1.38. The van der Waals surface area contributed by atoms with Gasteiger partial charge in [0.1, 0.15) is 5.82 Å². The summed E-state index contributed by atoms with van der Waals surface area (Å²) in [5.74, 6) is -0.665. The maximum absolute atomic E-state index is 13.2. The van der Waals surface area contributed by atoms with E-state index in [9.17, 15) is 9.18 Å². The number of carbonyl (C=O) groups is 1. The number of nitrogens with zero attached hydrogens (tertiary/aromatic N) is 3. The van der Waals surface area contributed by atoms with Crippen molar-refractivity contribution < 1.29 is 18.7 Å². The lowest BCUT2D eigenvalue weighted by Gasteiger charge is -2.37. The summed E-state index contributed by atoms with van der Waals surface area (Å²) in [7, 11) is 0. The molecule has 26 heavy (non-hydrogen) atoms. The molecule has 1 spiro atoms. The summed E-state index contributed by atoms with van der Waals surface area (Å²) in [6, 6.07) is 5.72. The van der Waals surface area contributed by atoms with Gasteiger partial charge in [-0.25, -0.2) is 14.4 Å². The van der Waals surface area contributed by atoms with Crippen molar-refractivity contribution in [1.29, 1.82) is 0 Å². The summed E-state index contributed by atoms with van der Waals surface area (Å²) in [4.78, 5) is 22.9. The lowest BCUT2D eigenvalue weighted by molar-refractivity contribution is -0.169. The smallest absolute Gasteiger partial charge is 0.258 e. The Kier molecular flexibility index (Phi) is 4.52. The monoisotopic (exact) mass is 358 g/mol. The van der Waals surface area contributed by atoms with Crippen LogP contribution in [0.1, 0.15) is 23.2 Å². The van der Waals surface area contributed by atoms with E-state index in [1.807, 2.05) is 4.90 Å². The van der Waals surface area contributed by atoms with Crippen molar-refractivity contribution in [3.8, 4) is 0 Å². The molecule has 4 rings (SSSR count). The van der Waals surface area contributed by atoms with Crippen LogP contribution in [0.25, 0.3) is 0 Å². The van der Waals surface area contributed by atoms with E-state index in [1.165, 1.54) is 30.6 Å². The summed E-state index contributed by atoms with van der Waals surface area (Å²) < 4.78 is 24.6. The van der Waals surface area contributed by atoms with E-state index >= 15 is 0 Å². The molecule has 1 amide bonds. The van der Waals surface area contributed by atoms with Gasteiger partial charge in [0.25, 0.3) is 5.91 Å². The number of rotatable bonds is 3. The molecule has 8 heteroatoms. The van der Waals surface area contributed by atoms with Gasteiger partial charge in [0.2, 0.25) is 5.95 Å². The Hall–Kier alpha value is -2.58. The zero-order valence-corrected chi connectivity index (χ0v) is 14.2. The molecule has 7 nitrogen and oxygen atoms in total. The quantitative estimate of drug-likeness (QED) is 0.907. The van der Waals surface area contributed by atoms with Crippen LogP contribution in [0.3, 0.4) is 0 Å². The Morgan fingerprint density at radius 2 is 1.85 bits per heavy atom. The fourth-order valence-electron chi connectivity index (χ4n) is 3.20. The van der Waals surface area contributed by atoms with Gasteiger partial charge in [0, 0.05) is 44.0 Å². The molecule has 0 atom stereocenters. The molecule has 136 valence electrons. The van der Waals surface area contributed by atoms with Gasteiger partial charge in [-0.2, -0.15) is 0 Å². The molecule has 2 aliphatic rings. The second-order valence-electron chi connectivity index (χ2n) is 6.33. The molecule has 0 saturated carbocycles. The van der Waals surface area contributed by atoms with E-state index in [0.717, 1.165) is 25.9 Å². The molecule has 0 bridgehead atoms. The van der Waals surface area contributed by atoms with E-state index in [-0.39, 0.29) is 5.91 Å². The fraction of sp³-hybridized carbons (Fsp3) is 0.389. The lowest BCUT2D eigenvalue weighted by Crippen LogP contribution is -2.45. The molecule has 0 aliphatic carbocycles. The van der Waals surface area contributed by atoms with Crippen LogP contribution in [0.4, 0.5) is 16.0 Å². The Bertz CT molecular complexity index is 783. The fourth-order valence-corrected chi connectivity index (χ4v) is 3.20. The third-order valence-electron chi connectivity index (χ3n) is 4.60. The minimum absolute atomic E-state index is 0.314. The second-order valence-corrected chi connectivity index (χ2v) is 6.33. The van der Waals surface area contributed by atoms with Gasteiger partial charge in [-0.1, -0.05) is 6.07 Å². The maximum Gasteiger partial charge on any atom is 0.258 e. The van der Waals surface area contributed by atoms with Crippen LogP contribution < -0.4 is 10.2 Å². The first kappa shape index (κ1) is 16.9. The van der Waals surface area contributed by atoms with Gasteiger partial charge < -0.3 is 19.7 Å². The molecule has 2 aliphatic heterocycles. The molecule has 2 fully saturated rings. The Labute approximate surface area is 150 Å². The topological polar surface area (TPSA) is 76.6 Å². The summed E-state index contributed by atoms with van der Waals surface area (Å²) in [5.41, 5.74) is 0.700. The van der Waals surface area contributed by atoms with Gasteiger partial charge in [-0.05, 0) is 18.2 Å². The number of benzene rings is 1. The van der Waals surface area contributed by atoms with Crippen LogP contribution in [0.2, 0.25) is 0 Å². The Morgan fingerprint density at radius 1 is 1.15 bits per heavy atom. The molecule has 3 heterocycles. The first-order chi connectivity index (χ1) is 12.6. The number of hydrogen-bond acceptors (Lipinski definition) is 6. The van der Waals surface area contributed by atoms with Crippen molar-refractivity contribution in [2.24, 2.45) is 0 Å². The second kappa shape index (κ2) is 6.97. The van der Waals surface area contributed by atoms with E-state index in [4.69, 9.17) is 9.47 Å². The third-order valence-corrected chi connectivity index (χ3v) is 4.60. The molecule has 2 saturated heterocycles. The number of amides is 1. The number of piperidine rings is 1. The highest BCUT2D eigenvalue weighted by Gasteiger charge is 2.40. The van der Waals surface area contributed by atoms with E-state index in [0.29, 0.717) is 30.4 Å². The number of halogens is 1. The van der Waals surface area contributed by atoms with Crippen LogP contribution in [-0.4, -0.2) is 48.0 Å². The highest BCUT2D eigenvalue weighted by atomic mass is 19.1. The van der Waals surface area contributed by atoms with Crippen molar-refractivity contribution in [3.63, 3.8) is 0 Å². The zero-order valence-electron chi connectivity index (χ0n) is 14.2. The van der Waals surface area contributed by atoms with Crippen LogP contribution >= 0.6 is 0 Å². The molecular weight excluding hydrogens is 339 g/mol. The molecule has 0 unspecified atom stereocenters. The van der Waals surface area contributed by atoms with Gasteiger partial charge in [-0.15, -0.1) is 0 Å². The Morgan fingerprint density at radius 3 is 2.50 bits per heavy atom. The van der Waals surface area contributed by atoms with E-state index in [1.54, 1.807) is 6.07 Å². The number of ether oxygens (including phenoxy) is 2. The summed E-state index contributed by atoms with van der Waals surface area (Å²) >= 11 is 0. The zero-order chi connectivity index (χ0) is 18.0. The van der Waals surface area contributed by atoms with Crippen molar-refractivity contribution in [1.82, 2.24) is 9.97 Å². The maximum atomic E-state index is 13.2. The largest absolute Gasteiger partial charge is 0.347 e. The minimum atomic E-state index is -0.443. The van der Waals surface area contributed by atoms with Gasteiger partial charge in [0.05, 0.1) is 18.8 Å². The highest BCUT2D eigenvalue weighted by Crippen LogP contribution is 2.32. The van der Waals surface area contributed by atoms with Crippen LogP contribution in [0.15, 0.2) is 36.7 Å². The predicted molar refractivity (Wildman–Crippen MR) is 92.5 cm³/mol. The third kappa shape index (κ3) is 3.51. The first-order valence-electron chi connectivity index (χ1n) is 8.55. The van der Waals surface area contributed by atoms with Gasteiger partial charge >= 0.3 is 0 Å². The summed E-state index contributed by atoms with van der Waals surface area (Å²) in [6.07, 6.45) is 4.48. The normalized spacial score (nSPS) is 18.9. The standard InChI is InChI=1S/C18H19FN4O3/c19-14-2-1-3-15(10-14)22-16(24)13-11-20-17(21-12-13)23-6-4-18(5-7-23)25-8-9-26-18/h1-3,10-12H,4-9H2,(H,22,24). The molecule has 1 aromatic heterocycles. The van der Waals surface area contributed by atoms with Gasteiger partial charge in [0.15, 0.2) is 5.79 Å². The van der Waals surface area contributed by atoms with Crippen LogP contribution in [0.5, 0.6) is 0 Å². The SMILES string of the molecule is O=C(Nc1cccc(F)c1)c1cnc(N2CCC3(CC2)OCCO3)nc1. The number of anilines is 2. The number of nitrogens with one attached hydrogen (secondary N) is 1. The van der Waals surface area contributed by atoms with Crippen LogP contribution in [0, 0.1) is 5.82 Å². The number of carbonyl (C=O) groups excluding carboxylic acids is 1. The van der Waals surface area contributed by atoms with Gasteiger partial charge in [-0.3, -0.25) is 4.79 Å².